The van der Waals surface area contributed by atoms with Gasteiger partial charge in [-0.3, -0.25) is 14.5 Å². The Morgan fingerprint density at radius 3 is 2.19 bits per heavy atom. The van der Waals surface area contributed by atoms with Gasteiger partial charge in [-0.15, -0.1) is 0 Å². The zero-order valence-corrected chi connectivity index (χ0v) is 23.9. The van der Waals surface area contributed by atoms with Gasteiger partial charge in [-0.05, 0) is 54.8 Å². The van der Waals surface area contributed by atoms with Crippen molar-refractivity contribution in [2.45, 2.75) is 50.3 Å². The molecule has 0 aromatic heterocycles. The fourth-order valence-corrected chi connectivity index (χ4v) is 5.53. The second-order valence-corrected chi connectivity index (χ2v) is 10.2. The summed E-state index contributed by atoms with van der Waals surface area (Å²) in [7, 11) is 4.39. The number of anilines is 1. The van der Waals surface area contributed by atoms with Crippen molar-refractivity contribution in [1.29, 1.82) is 0 Å². The Hall–Kier alpha value is -4.47. The second-order valence-electron chi connectivity index (χ2n) is 10.2. The number of benzene rings is 3. The van der Waals surface area contributed by atoms with Crippen LogP contribution in [0, 0.1) is 5.82 Å². The highest BCUT2D eigenvalue weighted by Crippen LogP contribution is 2.42. The molecule has 1 heterocycles. The summed E-state index contributed by atoms with van der Waals surface area (Å²) in [5.41, 5.74) is 0.258. The molecule has 5 rings (SSSR count). The summed E-state index contributed by atoms with van der Waals surface area (Å²) < 4.78 is 44.0. The summed E-state index contributed by atoms with van der Waals surface area (Å²) in [5, 5.41) is 3.12. The Morgan fingerprint density at radius 1 is 0.905 bits per heavy atom. The maximum absolute atomic E-state index is 15.5. The van der Waals surface area contributed by atoms with E-state index in [1.165, 1.54) is 39.5 Å². The molecule has 222 valence electrons. The molecule has 9 nitrogen and oxygen atoms in total. The molecule has 10 heteroatoms. The van der Waals surface area contributed by atoms with Gasteiger partial charge in [-0.1, -0.05) is 43.5 Å². The minimum Gasteiger partial charge on any atom is -0.493 e. The van der Waals surface area contributed by atoms with Crippen LogP contribution in [-0.4, -0.2) is 51.9 Å². The molecule has 1 N–H and O–H groups in total. The average Bonchev–Trinajstić information content (AvgIpc) is 3.03. The van der Waals surface area contributed by atoms with Gasteiger partial charge in [-0.25, -0.2) is 4.39 Å². The highest BCUT2D eigenvalue weighted by atomic mass is 19.1. The molecule has 0 unspecified atom stereocenters. The Morgan fingerprint density at radius 2 is 1.55 bits per heavy atom. The number of hydrogen-bond acceptors (Lipinski definition) is 7. The van der Waals surface area contributed by atoms with E-state index in [0.29, 0.717) is 22.8 Å². The zero-order chi connectivity index (χ0) is 29.6. The molecule has 1 fully saturated rings. The predicted octanol–water partition coefficient (Wildman–Crippen LogP) is 5.21. The number of methoxy groups -OCH3 is 3. The number of fused-ring (bicyclic) bond motifs is 1. The van der Waals surface area contributed by atoms with E-state index >= 15 is 4.39 Å². The molecule has 2 aliphatic rings. The largest absolute Gasteiger partial charge is 0.493 e. The molecule has 3 aromatic rings. The smallest absolute Gasteiger partial charge is 0.272 e. The summed E-state index contributed by atoms with van der Waals surface area (Å²) in [6.45, 7) is -0.118. The van der Waals surface area contributed by atoms with Crippen LogP contribution in [0.25, 0.3) is 0 Å². The van der Waals surface area contributed by atoms with Gasteiger partial charge in [0.05, 0.1) is 27.0 Å². The molecule has 0 radical (unpaired) electrons. The maximum Gasteiger partial charge on any atom is 0.272 e. The molecular formula is C32H35FN2O7. The number of ether oxygens (including phenoxy) is 5. The van der Waals surface area contributed by atoms with Crippen LogP contribution < -0.4 is 33.9 Å². The zero-order valence-electron chi connectivity index (χ0n) is 23.9. The Labute approximate surface area is 244 Å². The van der Waals surface area contributed by atoms with Crippen LogP contribution in [0.3, 0.4) is 0 Å². The van der Waals surface area contributed by atoms with Gasteiger partial charge in [0, 0.05) is 6.04 Å². The monoisotopic (exact) mass is 578 g/mol. The lowest BCUT2D eigenvalue weighted by atomic mass is 9.94. The fraction of sp³-hybridized carbons (Fsp3) is 0.375. The lowest BCUT2D eigenvalue weighted by Crippen LogP contribution is -2.53. The lowest BCUT2D eigenvalue weighted by Gasteiger charge is -2.36. The standard InChI is InChI=1S/C32H35FN2O7/c1-38-26-17-20(18-27(39-2)30(26)40-3)29(31(36)34-21-11-5-4-6-12-21)35(23-14-8-7-13-22(23)33)32(37)28-19-41-24-15-9-10-16-25(24)42-28/h7-10,13-18,21,28-29H,4-6,11-12,19H2,1-3H3,(H,34,36)/t28-,29-/m1/s1. The molecule has 0 spiro atoms. The van der Waals surface area contributed by atoms with Crippen molar-refractivity contribution in [3.05, 3.63) is 72.0 Å². The van der Waals surface area contributed by atoms with Crippen molar-refractivity contribution < 1.29 is 37.7 Å². The number of carbonyl (C=O) groups is 2. The summed E-state index contributed by atoms with van der Waals surface area (Å²) in [4.78, 5) is 29.8. The number of carbonyl (C=O) groups excluding carboxylic acids is 2. The van der Waals surface area contributed by atoms with Gasteiger partial charge in [0.15, 0.2) is 23.0 Å². The summed E-state index contributed by atoms with van der Waals surface area (Å²) in [5.74, 6) is -0.0202. The van der Waals surface area contributed by atoms with Gasteiger partial charge in [0.1, 0.15) is 18.5 Å². The first-order valence-electron chi connectivity index (χ1n) is 14.0. The van der Waals surface area contributed by atoms with Gasteiger partial charge >= 0.3 is 0 Å². The van der Waals surface area contributed by atoms with Crippen molar-refractivity contribution in [3.63, 3.8) is 0 Å². The lowest BCUT2D eigenvalue weighted by molar-refractivity contribution is -0.132. The second kappa shape index (κ2) is 13.0. The molecule has 1 aliphatic heterocycles. The fourth-order valence-electron chi connectivity index (χ4n) is 5.53. The van der Waals surface area contributed by atoms with Crippen LogP contribution in [0.4, 0.5) is 10.1 Å². The SMILES string of the molecule is COc1cc([C@H](C(=O)NC2CCCCC2)N(C(=O)[C@H]2COc3ccccc3O2)c2ccccc2F)cc(OC)c1OC. The summed E-state index contributed by atoms with van der Waals surface area (Å²) in [6.07, 6.45) is 3.56. The molecular weight excluding hydrogens is 543 g/mol. The molecule has 1 saturated carbocycles. The van der Waals surface area contributed by atoms with Crippen molar-refractivity contribution in [3.8, 4) is 28.7 Å². The molecule has 2 amide bonds. The van der Waals surface area contributed by atoms with Gasteiger partial charge < -0.3 is 29.0 Å². The Kier molecular flexibility index (Phi) is 9.00. The number of amides is 2. The van der Waals surface area contributed by atoms with Crippen LogP contribution in [0.15, 0.2) is 60.7 Å². The van der Waals surface area contributed by atoms with Crippen molar-refractivity contribution in [1.82, 2.24) is 5.32 Å². The highest BCUT2D eigenvalue weighted by molar-refractivity contribution is 6.04. The average molecular weight is 579 g/mol. The van der Waals surface area contributed by atoms with Crippen molar-refractivity contribution in [2.24, 2.45) is 0 Å². The summed E-state index contributed by atoms with van der Waals surface area (Å²) >= 11 is 0. The topological polar surface area (TPSA) is 95.6 Å². The number of nitrogens with one attached hydrogen (secondary N) is 1. The molecule has 2 atom stereocenters. The van der Waals surface area contributed by atoms with Crippen LogP contribution in [0.2, 0.25) is 0 Å². The Balaban J connectivity index is 1.64. The highest BCUT2D eigenvalue weighted by Gasteiger charge is 2.41. The van der Waals surface area contributed by atoms with Crippen LogP contribution in [-0.2, 0) is 9.59 Å². The molecule has 0 bridgehead atoms. The Bertz CT molecular complexity index is 1400. The number of hydrogen-bond donors (Lipinski definition) is 1. The van der Waals surface area contributed by atoms with E-state index in [-0.39, 0.29) is 29.8 Å². The van der Waals surface area contributed by atoms with E-state index in [1.807, 2.05) is 0 Å². The van der Waals surface area contributed by atoms with Gasteiger partial charge in [0.25, 0.3) is 5.91 Å². The van der Waals surface area contributed by atoms with E-state index in [9.17, 15) is 9.59 Å². The minimum absolute atomic E-state index is 0.0745. The third-order valence-corrected chi connectivity index (χ3v) is 7.59. The van der Waals surface area contributed by atoms with E-state index in [1.54, 1.807) is 42.5 Å². The van der Waals surface area contributed by atoms with Crippen molar-refractivity contribution >= 4 is 17.5 Å². The van der Waals surface area contributed by atoms with Gasteiger partial charge in [-0.2, -0.15) is 0 Å². The minimum atomic E-state index is -1.31. The molecule has 42 heavy (non-hydrogen) atoms. The quantitative estimate of drug-likeness (QED) is 0.372. The molecule has 3 aromatic carbocycles. The van der Waals surface area contributed by atoms with E-state index in [0.717, 1.165) is 37.0 Å². The first-order chi connectivity index (χ1) is 20.4. The van der Waals surface area contributed by atoms with Crippen molar-refractivity contribution in [2.75, 3.05) is 32.8 Å². The molecule has 0 saturated heterocycles. The normalized spacial score (nSPS) is 17.1. The number of nitrogens with zero attached hydrogens (tertiary/aromatic N) is 1. The van der Waals surface area contributed by atoms with Crippen LogP contribution >= 0.6 is 0 Å². The van der Waals surface area contributed by atoms with Crippen LogP contribution in [0.1, 0.15) is 43.7 Å². The third-order valence-electron chi connectivity index (χ3n) is 7.59. The summed E-state index contributed by atoms with van der Waals surface area (Å²) in [6, 6.07) is 14.6. The van der Waals surface area contributed by atoms with Gasteiger partial charge in [0.2, 0.25) is 17.8 Å². The predicted molar refractivity (Wildman–Crippen MR) is 154 cm³/mol. The van der Waals surface area contributed by atoms with E-state index in [2.05, 4.69) is 5.32 Å². The number of para-hydroxylation sites is 3. The third kappa shape index (κ3) is 5.93. The van der Waals surface area contributed by atoms with E-state index < -0.39 is 29.8 Å². The van der Waals surface area contributed by atoms with E-state index in [4.69, 9.17) is 23.7 Å². The first kappa shape index (κ1) is 29.0. The maximum atomic E-state index is 15.5. The number of rotatable bonds is 9. The molecule has 1 aliphatic carbocycles. The first-order valence-corrected chi connectivity index (χ1v) is 14.0. The van der Waals surface area contributed by atoms with Crippen LogP contribution in [0.5, 0.6) is 28.7 Å². The number of halogens is 1.